The van der Waals surface area contributed by atoms with Crippen LogP contribution in [0.2, 0.25) is 0 Å². The molecule has 4 nitrogen and oxygen atoms in total. The van der Waals surface area contributed by atoms with E-state index in [1.807, 2.05) is 42.5 Å². The van der Waals surface area contributed by atoms with Crippen molar-refractivity contribution in [3.05, 3.63) is 65.8 Å². The number of halogens is 2. The summed E-state index contributed by atoms with van der Waals surface area (Å²) in [6.07, 6.45) is 7.08. The second-order valence-electron chi connectivity index (χ2n) is 5.44. The third kappa shape index (κ3) is 2.94. The van der Waals surface area contributed by atoms with Crippen molar-refractivity contribution in [3.8, 4) is 18.1 Å². The van der Waals surface area contributed by atoms with Crippen LogP contribution in [-0.4, -0.2) is 16.0 Å². The van der Waals surface area contributed by atoms with Gasteiger partial charge in [-0.3, -0.25) is 4.79 Å². The number of fused-ring (bicyclic) bond motifs is 3. The molecule has 2 heterocycles. The number of terminal acetylenes is 1. The average molecular weight is 490 g/mol. The first kappa shape index (κ1) is 17.3. The summed E-state index contributed by atoms with van der Waals surface area (Å²) in [6.45, 7) is 0.181. The fourth-order valence-corrected chi connectivity index (χ4v) is 5.12. The highest BCUT2D eigenvalue weighted by molar-refractivity contribution is 9.11. The number of hydrogen-bond acceptors (Lipinski definition) is 4. The highest BCUT2D eigenvalue weighted by atomic mass is 79.9. The van der Waals surface area contributed by atoms with Gasteiger partial charge in [0.05, 0.1) is 24.5 Å². The number of rotatable bonds is 3. The van der Waals surface area contributed by atoms with Crippen molar-refractivity contribution in [2.24, 2.45) is 0 Å². The lowest BCUT2D eigenvalue weighted by molar-refractivity contribution is 0.365. The first-order chi connectivity index (χ1) is 12.6. The Hall–Kier alpha value is -2.14. The minimum absolute atomic E-state index is 0.0707. The topological polar surface area (TPSA) is 43.6 Å². The van der Waals surface area contributed by atoms with E-state index in [9.17, 15) is 4.79 Å². The Morgan fingerprint density at radius 3 is 2.73 bits per heavy atom. The largest absolute Gasteiger partial charge is 0.479 e. The fraction of sp³-hybridized carbons (Fsp3) is 0.0526. The lowest BCUT2D eigenvalue weighted by atomic mass is 10.2. The van der Waals surface area contributed by atoms with Crippen LogP contribution in [0.4, 0.5) is 0 Å². The van der Waals surface area contributed by atoms with Crippen molar-refractivity contribution >= 4 is 65.3 Å². The van der Waals surface area contributed by atoms with Gasteiger partial charge in [-0.2, -0.15) is 0 Å². The normalized spacial score (nSPS) is 12.0. The van der Waals surface area contributed by atoms with Crippen LogP contribution in [0.1, 0.15) is 5.56 Å². The van der Waals surface area contributed by atoms with E-state index in [4.69, 9.17) is 11.2 Å². The first-order valence-corrected chi connectivity index (χ1v) is 9.96. The number of imidazole rings is 1. The van der Waals surface area contributed by atoms with E-state index >= 15 is 0 Å². The van der Waals surface area contributed by atoms with E-state index in [1.54, 1.807) is 4.40 Å². The molecule has 0 amide bonds. The molecule has 2 aromatic heterocycles. The predicted octanol–water partition coefficient (Wildman–Crippen LogP) is 3.99. The molecule has 0 N–H and O–H groups in total. The molecule has 0 aliphatic heterocycles. The zero-order valence-corrected chi connectivity index (χ0v) is 17.2. The maximum absolute atomic E-state index is 12.8. The van der Waals surface area contributed by atoms with Crippen LogP contribution < -0.4 is 14.8 Å². The molecule has 0 aliphatic carbocycles. The third-order valence-corrected chi connectivity index (χ3v) is 5.91. The summed E-state index contributed by atoms with van der Waals surface area (Å²) in [5.74, 6) is 3.07. The van der Waals surface area contributed by atoms with Crippen LogP contribution in [0.5, 0.6) is 5.75 Å². The zero-order chi connectivity index (χ0) is 18.3. The Morgan fingerprint density at radius 1 is 1.27 bits per heavy atom. The molecule has 2 aromatic carbocycles. The SMILES string of the molecule is C#CCOc1c(Br)cc(C=c2sc3nc4ccccc4n3c2=O)cc1Br. The van der Waals surface area contributed by atoms with Gasteiger partial charge in [0, 0.05) is 0 Å². The van der Waals surface area contributed by atoms with Gasteiger partial charge in [-0.05, 0) is 67.8 Å². The Morgan fingerprint density at radius 2 is 2.00 bits per heavy atom. The molecule has 0 saturated carbocycles. The van der Waals surface area contributed by atoms with E-state index in [-0.39, 0.29) is 12.2 Å². The first-order valence-electron chi connectivity index (χ1n) is 7.55. The van der Waals surface area contributed by atoms with E-state index < -0.39 is 0 Å². The highest BCUT2D eigenvalue weighted by Gasteiger charge is 2.12. The van der Waals surface area contributed by atoms with Crippen molar-refractivity contribution in [2.45, 2.75) is 0 Å². The van der Waals surface area contributed by atoms with Crippen molar-refractivity contribution in [1.29, 1.82) is 0 Å². The summed E-state index contributed by atoms with van der Waals surface area (Å²) in [6, 6.07) is 11.4. The number of ether oxygens (including phenoxy) is 1. The zero-order valence-electron chi connectivity index (χ0n) is 13.2. The van der Waals surface area contributed by atoms with Gasteiger partial charge in [-0.1, -0.05) is 29.4 Å². The minimum Gasteiger partial charge on any atom is -0.479 e. The average Bonchev–Trinajstić information content (AvgIpc) is 3.11. The van der Waals surface area contributed by atoms with Gasteiger partial charge in [-0.15, -0.1) is 6.42 Å². The van der Waals surface area contributed by atoms with Gasteiger partial charge in [-0.25, -0.2) is 9.38 Å². The molecule has 7 heteroatoms. The Bertz CT molecular complexity index is 1280. The van der Waals surface area contributed by atoms with Crippen LogP contribution in [0, 0.1) is 12.3 Å². The van der Waals surface area contributed by atoms with Crippen LogP contribution in [0.25, 0.3) is 22.1 Å². The monoisotopic (exact) mass is 488 g/mol. The summed E-state index contributed by atoms with van der Waals surface area (Å²) in [5, 5.41) is 0. The summed E-state index contributed by atoms with van der Waals surface area (Å²) in [4.78, 5) is 18.0. The second-order valence-corrected chi connectivity index (χ2v) is 8.16. The maximum Gasteiger partial charge on any atom is 0.274 e. The lowest BCUT2D eigenvalue weighted by Crippen LogP contribution is -2.22. The summed E-state index contributed by atoms with van der Waals surface area (Å²) in [5.41, 5.74) is 2.44. The van der Waals surface area contributed by atoms with Gasteiger partial charge in [0.15, 0.2) is 4.96 Å². The van der Waals surface area contributed by atoms with Crippen LogP contribution in [0.3, 0.4) is 0 Å². The molecule has 0 radical (unpaired) electrons. The number of para-hydroxylation sites is 2. The summed E-state index contributed by atoms with van der Waals surface area (Å²) >= 11 is 8.34. The molecule has 0 bridgehead atoms. The van der Waals surface area contributed by atoms with Gasteiger partial charge < -0.3 is 4.74 Å². The van der Waals surface area contributed by atoms with Gasteiger partial charge >= 0.3 is 0 Å². The minimum atomic E-state index is -0.0707. The Labute approximate surface area is 169 Å². The van der Waals surface area contributed by atoms with Crippen molar-refractivity contribution < 1.29 is 4.74 Å². The van der Waals surface area contributed by atoms with Crippen molar-refractivity contribution in [1.82, 2.24) is 9.38 Å². The molecule has 0 fully saturated rings. The highest BCUT2D eigenvalue weighted by Crippen LogP contribution is 2.35. The number of nitrogens with zero attached hydrogens (tertiary/aromatic N) is 2. The van der Waals surface area contributed by atoms with Crippen LogP contribution in [0.15, 0.2) is 50.1 Å². The van der Waals surface area contributed by atoms with Gasteiger partial charge in [0.1, 0.15) is 12.4 Å². The summed E-state index contributed by atoms with van der Waals surface area (Å²) < 4.78 is 9.30. The van der Waals surface area contributed by atoms with Gasteiger partial charge in [0.25, 0.3) is 5.56 Å². The Kier molecular flexibility index (Phi) is 4.57. The smallest absolute Gasteiger partial charge is 0.274 e. The quantitative estimate of drug-likeness (QED) is 0.408. The number of aromatic nitrogens is 2. The predicted molar refractivity (Wildman–Crippen MR) is 112 cm³/mol. The van der Waals surface area contributed by atoms with Crippen LogP contribution >= 0.6 is 43.2 Å². The van der Waals surface area contributed by atoms with E-state index in [0.717, 1.165) is 25.5 Å². The molecule has 0 unspecified atom stereocenters. The van der Waals surface area contributed by atoms with E-state index in [2.05, 4.69) is 42.8 Å². The number of benzene rings is 2. The molecular weight excluding hydrogens is 480 g/mol. The van der Waals surface area contributed by atoms with Crippen molar-refractivity contribution in [2.75, 3.05) is 6.61 Å². The molecule has 0 atom stereocenters. The molecule has 128 valence electrons. The maximum atomic E-state index is 12.8. The fourth-order valence-electron chi connectivity index (χ4n) is 2.68. The van der Waals surface area contributed by atoms with Gasteiger partial charge in [0.2, 0.25) is 0 Å². The molecule has 0 saturated heterocycles. The third-order valence-electron chi connectivity index (χ3n) is 3.76. The van der Waals surface area contributed by atoms with Crippen LogP contribution in [-0.2, 0) is 0 Å². The standard InChI is InChI=1S/C19H10Br2N2O2S/c1-2-7-25-17-12(20)8-11(9-13(17)21)10-16-18(24)23-15-6-4-3-5-14(15)22-19(23)26-16/h1,3-6,8-10H,7H2. The molecule has 4 aromatic rings. The van der Waals surface area contributed by atoms with Crippen molar-refractivity contribution in [3.63, 3.8) is 0 Å². The molecule has 0 aliphatic rings. The molecule has 26 heavy (non-hydrogen) atoms. The Balaban J connectivity index is 1.85. The van der Waals surface area contributed by atoms with E-state index in [0.29, 0.717) is 15.2 Å². The number of thiazole rings is 1. The molecule has 0 spiro atoms. The van der Waals surface area contributed by atoms with E-state index in [1.165, 1.54) is 11.3 Å². The lowest BCUT2D eigenvalue weighted by Gasteiger charge is -2.08. The second kappa shape index (κ2) is 6.88. The molecular formula is C19H10Br2N2O2S. The summed E-state index contributed by atoms with van der Waals surface area (Å²) in [7, 11) is 0. The number of hydrogen-bond donors (Lipinski definition) is 0. The molecule has 4 rings (SSSR count).